The van der Waals surface area contributed by atoms with E-state index in [0.717, 1.165) is 11.1 Å². The van der Waals surface area contributed by atoms with Gasteiger partial charge in [0.15, 0.2) is 12.0 Å². The molecule has 0 saturated carbocycles. The van der Waals surface area contributed by atoms with Crippen molar-refractivity contribution in [2.75, 3.05) is 18.0 Å². The number of nitrogens with two attached hydrogens (primary N) is 1. The lowest BCUT2D eigenvalue weighted by molar-refractivity contribution is -0.200. The van der Waals surface area contributed by atoms with Crippen molar-refractivity contribution in [3.63, 3.8) is 0 Å². The molecule has 5 N–H and O–H groups in total. The number of benzene rings is 2. The van der Waals surface area contributed by atoms with E-state index in [1.165, 1.54) is 0 Å². The Bertz CT molecular complexity index is 1400. The molecule has 0 amide bonds. The summed E-state index contributed by atoms with van der Waals surface area (Å²) in [6, 6.07) is 21.4. The van der Waals surface area contributed by atoms with E-state index in [2.05, 4.69) is 20.5 Å². The number of rotatable bonds is 7. The number of piperidine rings is 1. The molecule has 3 aromatic rings. The number of hydrogen-bond donors (Lipinski definition) is 4. The normalized spacial score (nSPS) is 22.6. The molecule has 12 heteroatoms. The van der Waals surface area contributed by atoms with Crippen molar-refractivity contribution < 1.29 is 28.1 Å². The molecule has 44 heavy (non-hydrogen) atoms. The first-order valence-corrected chi connectivity index (χ1v) is 14.6. The topological polar surface area (TPSA) is 129 Å². The molecule has 0 aliphatic carbocycles. The highest BCUT2D eigenvalue weighted by Crippen LogP contribution is 2.42. The van der Waals surface area contributed by atoms with Crippen LogP contribution >= 0.6 is 0 Å². The summed E-state index contributed by atoms with van der Waals surface area (Å²) < 4.78 is 49.4. The van der Waals surface area contributed by atoms with E-state index in [1.54, 1.807) is 12.1 Å². The quantitative estimate of drug-likeness (QED) is 0.311. The molecule has 1 unspecified atom stereocenters. The van der Waals surface area contributed by atoms with Crippen LogP contribution in [0.5, 0.6) is 5.88 Å². The number of anilines is 1. The van der Waals surface area contributed by atoms with E-state index in [-0.39, 0.29) is 23.2 Å². The Morgan fingerprint density at radius 1 is 0.932 bits per heavy atom. The van der Waals surface area contributed by atoms with Crippen molar-refractivity contribution in [2.24, 2.45) is 22.6 Å². The van der Waals surface area contributed by atoms with Gasteiger partial charge in [-0.2, -0.15) is 13.2 Å². The van der Waals surface area contributed by atoms with Crippen LogP contribution in [-0.4, -0.2) is 63.9 Å². The number of ether oxygens (including phenoxy) is 1. The number of aromatic nitrogens is 2. The van der Waals surface area contributed by atoms with Crippen LogP contribution in [0, 0.1) is 11.8 Å². The number of aliphatic hydroxyl groups is 2. The molecule has 0 radical (unpaired) electrons. The van der Waals surface area contributed by atoms with Gasteiger partial charge >= 0.3 is 6.18 Å². The third-order valence-corrected chi connectivity index (χ3v) is 7.93. The van der Waals surface area contributed by atoms with Crippen LogP contribution in [0.15, 0.2) is 89.1 Å². The minimum atomic E-state index is -4.89. The molecule has 2 aliphatic rings. The van der Waals surface area contributed by atoms with Crippen LogP contribution in [0.25, 0.3) is 0 Å². The highest BCUT2D eigenvalue weighted by molar-refractivity contribution is 6.01. The lowest BCUT2D eigenvalue weighted by atomic mass is 9.81. The summed E-state index contributed by atoms with van der Waals surface area (Å²) >= 11 is 0. The fraction of sp³-hybridized carbons (Fsp3) is 0.406. The third-order valence-electron chi connectivity index (χ3n) is 7.93. The smallest absolute Gasteiger partial charge is 0.398 e. The summed E-state index contributed by atoms with van der Waals surface area (Å²) in [5, 5.41) is 32.6. The summed E-state index contributed by atoms with van der Waals surface area (Å²) in [7, 11) is 0. The molecule has 0 bridgehead atoms. The highest BCUT2D eigenvalue weighted by Gasteiger charge is 2.53. The van der Waals surface area contributed by atoms with E-state index in [0.29, 0.717) is 37.6 Å². The molecule has 5 rings (SSSR count). The predicted octanol–water partition coefficient (Wildman–Crippen LogP) is 4.34. The number of hydrogen-bond acceptors (Lipinski definition) is 9. The van der Waals surface area contributed by atoms with Gasteiger partial charge in [0.1, 0.15) is 17.9 Å². The Labute approximate surface area is 254 Å². The van der Waals surface area contributed by atoms with Crippen molar-refractivity contribution in [1.82, 2.24) is 15.5 Å². The fourth-order valence-corrected chi connectivity index (χ4v) is 5.77. The molecular weight excluding hydrogens is 573 g/mol. The Morgan fingerprint density at radius 2 is 1.52 bits per heavy atom. The lowest BCUT2D eigenvalue weighted by Gasteiger charge is -2.39. The van der Waals surface area contributed by atoms with Gasteiger partial charge in [0, 0.05) is 36.3 Å². The van der Waals surface area contributed by atoms with Crippen molar-refractivity contribution in [3.8, 4) is 5.88 Å². The summed E-state index contributed by atoms with van der Waals surface area (Å²) in [6.45, 7) is 4.75. The van der Waals surface area contributed by atoms with Gasteiger partial charge in [0.2, 0.25) is 5.88 Å². The Balaban J connectivity index is 1.46. The molecule has 234 valence electrons. The zero-order chi connectivity index (χ0) is 31.4. The monoisotopic (exact) mass is 610 g/mol. The second-order valence-corrected chi connectivity index (χ2v) is 11.3. The molecule has 1 saturated heterocycles. The maximum Gasteiger partial charge on any atom is 0.398 e. The predicted molar refractivity (Wildman–Crippen MR) is 161 cm³/mol. The van der Waals surface area contributed by atoms with Gasteiger partial charge in [-0.05, 0) is 43.9 Å². The van der Waals surface area contributed by atoms with Crippen LogP contribution in [0.3, 0.4) is 0 Å². The molecular formula is C32H37F3N6O3. The second-order valence-electron chi connectivity index (χ2n) is 11.3. The number of nitrogens with one attached hydrogen (secondary N) is 1. The lowest BCUT2D eigenvalue weighted by Crippen LogP contribution is -2.52. The summed E-state index contributed by atoms with van der Waals surface area (Å²) in [6.07, 6.45) is -8.25. The number of aliphatic imine (C=N–C) groups is 1. The summed E-state index contributed by atoms with van der Waals surface area (Å²) in [4.78, 5) is 6.13. The molecule has 3 atom stereocenters. The minimum absolute atomic E-state index is 0.00388. The van der Waals surface area contributed by atoms with E-state index < -0.39 is 36.4 Å². The van der Waals surface area contributed by atoms with Crippen LogP contribution in [0.2, 0.25) is 0 Å². The Kier molecular flexibility index (Phi) is 9.40. The first kappa shape index (κ1) is 31.3. The number of aliphatic hydroxyl groups excluding tert-OH is 2. The molecule has 3 heterocycles. The van der Waals surface area contributed by atoms with E-state index in [1.807, 2.05) is 79.4 Å². The molecule has 9 nitrogen and oxygen atoms in total. The molecule has 2 aliphatic heterocycles. The number of alkyl halides is 3. The van der Waals surface area contributed by atoms with Gasteiger partial charge in [-0.3, -0.25) is 0 Å². The Hall–Kier alpha value is -4.16. The zero-order valence-electron chi connectivity index (χ0n) is 24.5. The maximum atomic E-state index is 14.6. The fourth-order valence-electron chi connectivity index (χ4n) is 5.77. The molecule has 2 aromatic carbocycles. The molecule has 0 spiro atoms. The summed E-state index contributed by atoms with van der Waals surface area (Å²) in [5.74, 6) is -2.00. The number of amidine groups is 1. The van der Waals surface area contributed by atoms with Gasteiger partial charge in [0.25, 0.3) is 0 Å². The number of halogens is 3. The summed E-state index contributed by atoms with van der Waals surface area (Å²) in [5.41, 5.74) is 7.84. The van der Waals surface area contributed by atoms with Crippen LogP contribution < -0.4 is 20.7 Å². The third kappa shape index (κ3) is 6.97. The van der Waals surface area contributed by atoms with Gasteiger partial charge in [-0.25, -0.2) is 4.99 Å². The van der Waals surface area contributed by atoms with Crippen molar-refractivity contribution in [2.45, 2.75) is 57.3 Å². The average molecular weight is 611 g/mol. The average Bonchev–Trinajstić information content (AvgIpc) is 3.01. The van der Waals surface area contributed by atoms with Crippen LogP contribution in [0.4, 0.5) is 19.0 Å². The molecule has 1 fully saturated rings. The van der Waals surface area contributed by atoms with Gasteiger partial charge in [-0.15, -0.1) is 10.2 Å². The highest BCUT2D eigenvalue weighted by atomic mass is 19.4. The van der Waals surface area contributed by atoms with E-state index in [4.69, 9.17) is 10.5 Å². The van der Waals surface area contributed by atoms with Crippen molar-refractivity contribution in [1.29, 1.82) is 0 Å². The second kappa shape index (κ2) is 13.2. The van der Waals surface area contributed by atoms with Crippen LogP contribution in [0.1, 0.15) is 43.9 Å². The number of nitrogens with zero attached hydrogens (tertiary/aromatic N) is 4. The van der Waals surface area contributed by atoms with Gasteiger partial charge in [-0.1, -0.05) is 60.7 Å². The van der Waals surface area contributed by atoms with Crippen molar-refractivity contribution in [3.05, 3.63) is 95.2 Å². The van der Waals surface area contributed by atoms with E-state index in [9.17, 15) is 23.4 Å². The molecule has 1 aromatic heterocycles. The van der Waals surface area contributed by atoms with Crippen LogP contribution in [-0.2, 0) is 0 Å². The van der Waals surface area contributed by atoms with Gasteiger partial charge in [0.05, 0.1) is 12.1 Å². The SMILES string of the molecule is CC(C)Oc1ccc(N2CCC(C(N)=C3C(NC(c4ccccc4)c4ccccc4)=NC(O)[C@H](O)[C@@H]3C(F)(F)F)CC2)nn1. The first-order valence-electron chi connectivity index (χ1n) is 14.6. The van der Waals surface area contributed by atoms with E-state index >= 15 is 0 Å². The minimum Gasteiger partial charge on any atom is -0.474 e. The van der Waals surface area contributed by atoms with Gasteiger partial charge < -0.3 is 30.9 Å². The number of allylic oxidation sites excluding steroid dienone is 1. The Morgan fingerprint density at radius 3 is 2.02 bits per heavy atom. The largest absolute Gasteiger partial charge is 0.474 e. The maximum absolute atomic E-state index is 14.6. The standard InChI is InChI=1S/C32H37F3N6O3/c1-19(2)44-24-14-13-23(39-40-24)41-17-15-20(16-18-41)27(36)25-26(32(33,34)35)29(42)31(43)38-30(25)37-28(21-9-5-3-6-10-21)22-11-7-4-8-12-22/h3-14,19-20,26,28-29,31,42-43H,15-18,36H2,1-2H3,(H,37,38)/t26-,29-,31?/m1/s1. The first-order chi connectivity index (χ1) is 21.0. The zero-order valence-corrected chi connectivity index (χ0v) is 24.5. The van der Waals surface area contributed by atoms with Crippen molar-refractivity contribution >= 4 is 11.7 Å².